The van der Waals surface area contributed by atoms with E-state index in [1.54, 1.807) is 32.4 Å². The molecule has 1 N–H and O–H groups in total. The Morgan fingerprint density at radius 2 is 1.58 bits per heavy atom. The first-order valence-corrected chi connectivity index (χ1v) is 10.4. The summed E-state index contributed by atoms with van der Waals surface area (Å²) in [4.78, 5) is 24.6. The molecule has 0 spiro atoms. The molecule has 1 atom stereocenters. The largest absolute Gasteiger partial charge is 0.493 e. The van der Waals surface area contributed by atoms with Crippen LogP contribution in [0.4, 0.5) is 0 Å². The van der Waals surface area contributed by atoms with E-state index in [0.29, 0.717) is 24.3 Å². The number of benzene rings is 2. The Morgan fingerprint density at radius 1 is 0.935 bits per heavy atom. The van der Waals surface area contributed by atoms with Crippen molar-refractivity contribution < 1.29 is 23.8 Å². The van der Waals surface area contributed by atoms with Gasteiger partial charge in [-0.25, -0.2) is 0 Å². The van der Waals surface area contributed by atoms with Crippen LogP contribution in [-0.2, 0) is 26.2 Å². The summed E-state index contributed by atoms with van der Waals surface area (Å²) in [6, 6.07) is 13.1. The van der Waals surface area contributed by atoms with E-state index >= 15 is 0 Å². The van der Waals surface area contributed by atoms with E-state index in [4.69, 9.17) is 14.2 Å². The molecule has 2 aromatic rings. The smallest absolute Gasteiger partial charge is 0.307 e. The Labute approximate surface area is 184 Å². The van der Waals surface area contributed by atoms with Gasteiger partial charge in [0.2, 0.25) is 5.91 Å². The molecule has 0 heterocycles. The summed E-state index contributed by atoms with van der Waals surface area (Å²) >= 11 is 0. The van der Waals surface area contributed by atoms with Crippen LogP contribution in [0.3, 0.4) is 0 Å². The highest BCUT2D eigenvalue weighted by atomic mass is 16.5. The maximum atomic E-state index is 12.7. The van der Waals surface area contributed by atoms with Crippen LogP contribution in [0.1, 0.15) is 56.3 Å². The lowest BCUT2D eigenvalue weighted by atomic mass is 9.86. The first kappa shape index (κ1) is 24.3. The lowest BCUT2D eigenvalue weighted by Gasteiger charge is -2.20. The lowest BCUT2D eigenvalue weighted by Crippen LogP contribution is -2.30. The lowest BCUT2D eigenvalue weighted by molar-refractivity contribution is -0.141. The van der Waals surface area contributed by atoms with Crippen molar-refractivity contribution in [2.75, 3.05) is 21.3 Å². The van der Waals surface area contributed by atoms with Crippen LogP contribution in [-0.4, -0.2) is 33.2 Å². The molecule has 6 heteroatoms. The van der Waals surface area contributed by atoms with Crippen molar-refractivity contribution in [3.63, 3.8) is 0 Å². The van der Waals surface area contributed by atoms with E-state index in [1.807, 2.05) is 0 Å². The van der Waals surface area contributed by atoms with E-state index in [9.17, 15) is 9.59 Å². The molecule has 31 heavy (non-hydrogen) atoms. The topological polar surface area (TPSA) is 73.9 Å². The minimum Gasteiger partial charge on any atom is -0.493 e. The van der Waals surface area contributed by atoms with Crippen molar-refractivity contribution in [3.05, 3.63) is 59.2 Å². The molecule has 0 aliphatic rings. The molecule has 0 saturated heterocycles. The number of amides is 1. The van der Waals surface area contributed by atoms with Gasteiger partial charge in [0.1, 0.15) is 0 Å². The molecule has 6 nitrogen and oxygen atoms in total. The average Bonchev–Trinajstić information content (AvgIpc) is 2.76. The molecule has 0 radical (unpaired) electrons. The number of carbonyl (C=O) groups is 2. The minimum atomic E-state index is -0.525. The predicted molar refractivity (Wildman–Crippen MR) is 121 cm³/mol. The Morgan fingerprint density at radius 3 is 2.13 bits per heavy atom. The van der Waals surface area contributed by atoms with Crippen molar-refractivity contribution in [2.24, 2.45) is 0 Å². The first-order chi connectivity index (χ1) is 14.7. The third-order valence-corrected chi connectivity index (χ3v) is 5.20. The van der Waals surface area contributed by atoms with Crippen LogP contribution in [0.25, 0.3) is 0 Å². The fourth-order valence-electron chi connectivity index (χ4n) is 3.27. The van der Waals surface area contributed by atoms with Crippen molar-refractivity contribution in [1.82, 2.24) is 5.32 Å². The fourth-order valence-corrected chi connectivity index (χ4v) is 3.27. The van der Waals surface area contributed by atoms with Crippen LogP contribution >= 0.6 is 0 Å². The Kier molecular flexibility index (Phi) is 8.48. The second-order valence-electron chi connectivity index (χ2n) is 8.46. The van der Waals surface area contributed by atoms with Crippen LogP contribution in [0, 0.1) is 0 Å². The normalized spacial score (nSPS) is 12.1. The second-order valence-corrected chi connectivity index (χ2v) is 8.46. The van der Waals surface area contributed by atoms with Gasteiger partial charge in [0.15, 0.2) is 11.5 Å². The summed E-state index contributed by atoms with van der Waals surface area (Å²) in [6.07, 6.45) is 0.963. The Balaban J connectivity index is 2.08. The molecule has 0 bridgehead atoms. The van der Waals surface area contributed by atoms with Gasteiger partial charge in [0.05, 0.1) is 33.8 Å². The fraction of sp³-hybridized carbons (Fsp3) is 0.440. The van der Waals surface area contributed by atoms with Gasteiger partial charge in [-0.3, -0.25) is 9.59 Å². The predicted octanol–water partition coefficient (Wildman–Crippen LogP) is 4.35. The average molecular weight is 428 g/mol. The van der Waals surface area contributed by atoms with Crippen molar-refractivity contribution >= 4 is 11.9 Å². The highest BCUT2D eigenvalue weighted by Gasteiger charge is 2.21. The van der Waals surface area contributed by atoms with Crippen LogP contribution in [0.2, 0.25) is 0 Å². The van der Waals surface area contributed by atoms with Crippen LogP contribution < -0.4 is 14.8 Å². The quantitative estimate of drug-likeness (QED) is 0.602. The Bertz CT molecular complexity index is 884. The molecular weight excluding hydrogens is 394 g/mol. The number of hydrogen-bond donors (Lipinski definition) is 1. The molecule has 1 unspecified atom stereocenters. The molecular formula is C25H33NO5. The molecule has 0 aliphatic heterocycles. The number of aryl methyl sites for hydroxylation is 1. The zero-order chi connectivity index (χ0) is 23.0. The molecule has 0 aromatic heterocycles. The second kappa shape index (κ2) is 10.8. The van der Waals surface area contributed by atoms with E-state index in [0.717, 1.165) is 11.1 Å². The summed E-state index contributed by atoms with van der Waals surface area (Å²) in [7, 11) is 4.43. The molecule has 0 aliphatic carbocycles. The first-order valence-electron chi connectivity index (χ1n) is 10.4. The molecule has 0 saturated carbocycles. The molecule has 2 rings (SSSR count). The van der Waals surface area contributed by atoms with Crippen LogP contribution in [0.15, 0.2) is 42.5 Å². The van der Waals surface area contributed by atoms with Gasteiger partial charge in [0, 0.05) is 6.42 Å². The summed E-state index contributed by atoms with van der Waals surface area (Å²) in [5, 5.41) is 2.96. The number of nitrogens with one attached hydrogen (secondary N) is 1. The zero-order valence-corrected chi connectivity index (χ0v) is 19.3. The number of esters is 1. The number of hydrogen-bond acceptors (Lipinski definition) is 5. The minimum absolute atomic E-state index is 0.0258. The highest BCUT2D eigenvalue weighted by molar-refractivity contribution is 5.78. The van der Waals surface area contributed by atoms with E-state index in [1.165, 1.54) is 12.7 Å². The molecule has 1 amide bonds. The van der Waals surface area contributed by atoms with Crippen molar-refractivity contribution in [1.29, 1.82) is 0 Å². The van der Waals surface area contributed by atoms with Crippen LogP contribution in [0.5, 0.6) is 11.5 Å². The monoisotopic (exact) mass is 427 g/mol. The van der Waals surface area contributed by atoms with Crippen molar-refractivity contribution in [3.8, 4) is 11.5 Å². The number of carbonyl (C=O) groups excluding carboxylic acids is 2. The maximum Gasteiger partial charge on any atom is 0.307 e. The van der Waals surface area contributed by atoms with Gasteiger partial charge >= 0.3 is 5.97 Å². The molecule has 2 aromatic carbocycles. The van der Waals surface area contributed by atoms with E-state index in [2.05, 4.69) is 50.4 Å². The maximum absolute atomic E-state index is 12.7. The van der Waals surface area contributed by atoms with Gasteiger partial charge in [-0.2, -0.15) is 0 Å². The zero-order valence-electron chi connectivity index (χ0n) is 19.3. The summed E-state index contributed by atoms with van der Waals surface area (Å²) in [6.45, 7) is 6.52. The molecule has 0 fully saturated rings. The highest BCUT2D eigenvalue weighted by Crippen LogP contribution is 2.31. The van der Waals surface area contributed by atoms with Crippen molar-refractivity contribution in [2.45, 2.75) is 51.5 Å². The summed E-state index contributed by atoms with van der Waals surface area (Å²) in [5.74, 6) is 0.567. The third kappa shape index (κ3) is 7.02. The SMILES string of the molecule is COC(=O)CC(NC(=O)CCc1ccc(C(C)(C)C)cc1)c1ccc(OC)c(OC)c1. The number of methoxy groups -OCH3 is 3. The van der Waals surface area contributed by atoms with Gasteiger partial charge in [-0.05, 0) is 40.7 Å². The van der Waals surface area contributed by atoms with Gasteiger partial charge in [-0.15, -0.1) is 0 Å². The third-order valence-electron chi connectivity index (χ3n) is 5.20. The van der Waals surface area contributed by atoms with Gasteiger partial charge in [0.25, 0.3) is 0 Å². The van der Waals surface area contributed by atoms with Gasteiger partial charge < -0.3 is 19.5 Å². The standard InChI is InChI=1S/C25H33NO5/c1-25(2,3)19-11-7-17(8-12-19)9-14-23(27)26-20(16-24(28)31-6)18-10-13-21(29-4)22(15-18)30-5/h7-8,10-13,15,20H,9,14,16H2,1-6H3,(H,26,27). The van der Waals surface area contributed by atoms with E-state index in [-0.39, 0.29) is 17.7 Å². The number of rotatable bonds is 9. The Hall–Kier alpha value is -3.02. The van der Waals surface area contributed by atoms with E-state index < -0.39 is 12.0 Å². The summed E-state index contributed by atoms with van der Waals surface area (Å²) in [5.41, 5.74) is 3.19. The van der Waals surface area contributed by atoms with Gasteiger partial charge in [-0.1, -0.05) is 51.1 Å². The summed E-state index contributed by atoms with van der Waals surface area (Å²) < 4.78 is 15.4. The molecule has 168 valence electrons. The number of ether oxygens (including phenoxy) is 3.